The zero-order chi connectivity index (χ0) is 23.5. The Kier molecular flexibility index (Phi) is 5.81. The van der Waals surface area contributed by atoms with Gasteiger partial charge in [0, 0.05) is 12.0 Å². The number of hydrogen-bond donors (Lipinski definition) is 1. The van der Waals surface area contributed by atoms with Crippen LogP contribution in [0.25, 0.3) is 0 Å². The van der Waals surface area contributed by atoms with Gasteiger partial charge < -0.3 is 10.1 Å². The summed E-state index contributed by atoms with van der Waals surface area (Å²) < 4.78 is 34.7. The van der Waals surface area contributed by atoms with Gasteiger partial charge in [0.1, 0.15) is 0 Å². The molecule has 4 saturated carbocycles. The molecule has 5 fully saturated rings. The smallest absolute Gasteiger partial charge is 0.306 e. The van der Waals surface area contributed by atoms with Gasteiger partial charge in [-0.15, -0.1) is 0 Å². The highest BCUT2D eigenvalue weighted by Crippen LogP contribution is 2.62. The molecule has 0 amide bonds. The Hall–Kier alpha value is -1.44. The van der Waals surface area contributed by atoms with Crippen LogP contribution in [0.4, 0.5) is 0 Å². The second-order valence-corrected chi connectivity index (χ2v) is 13.8. The molecule has 4 aliphatic carbocycles. The molecule has 1 aromatic rings. The number of carbonyl (C=O) groups is 1. The van der Waals surface area contributed by atoms with Crippen LogP contribution in [-0.4, -0.2) is 51.2 Å². The van der Waals surface area contributed by atoms with Crippen LogP contribution in [0.3, 0.4) is 0 Å². The van der Waals surface area contributed by atoms with Gasteiger partial charge in [-0.1, -0.05) is 24.3 Å². The maximum Gasteiger partial charge on any atom is 0.306 e. The van der Waals surface area contributed by atoms with E-state index < -0.39 is 16.0 Å². The second-order valence-electron chi connectivity index (χ2n) is 11.8. The number of fused-ring (bicyclic) bond motifs is 2. The first kappa shape index (κ1) is 23.0. The van der Waals surface area contributed by atoms with Gasteiger partial charge in [0.15, 0.2) is 0 Å². The van der Waals surface area contributed by atoms with Gasteiger partial charge in [0.2, 0.25) is 10.0 Å². The third-order valence-electron chi connectivity index (χ3n) is 9.99. The fourth-order valence-electron chi connectivity index (χ4n) is 8.79. The zero-order valence-corrected chi connectivity index (χ0v) is 21.1. The number of esters is 1. The van der Waals surface area contributed by atoms with Gasteiger partial charge in [-0.2, -0.15) is 4.31 Å². The van der Waals surface area contributed by atoms with Crippen LogP contribution in [0.2, 0.25) is 0 Å². The number of carbonyl (C=O) groups excluding carboxylic acids is 1. The molecule has 1 saturated heterocycles. The number of nitrogens with zero attached hydrogens (tertiary/aromatic N) is 1. The van der Waals surface area contributed by atoms with Crippen molar-refractivity contribution in [3.63, 3.8) is 0 Å². The van der Waals surface area contributed by atoms with Crippen molar-refractivity contribution in [1.82, 2.24) is 9.62 Å². The monoisotopic (exact) mass is 486 g/mol. The van der Waals surface area contributed by atoms with Crippen molar-refractivity contribution < 1.29 is 17.9 Å². The number of methoxy groups -OCH3 is 1. The molecule has 7 rings (SSSR count). The van der Waals surface area contributed by atoms with Crippen molar-refractivity contribution >= 4 is 16.0 Å². The lowest BCUT2D eigenvalue weighted by Gasteiger charge is -2.60. The van der Waals surface area contributed by atoms with E-state index >= 15 is 0 Å². The minimum absolute atomic E-state index is 0.0834. The predicted octanol–water partition coefficient (Wildman–Crippen LogP) is 3.63. The summed E-state index contributed by atoms with van der Waals surface area (Å²) in [6.45, 7) is 2.36. The van der Waals surface area contributed by atoms with E-state index in [9.17, 15) is 13.2 Å². The Morgan fingerprint density at radius 3 is 2.35 bits per heavy atom. The van der Waals surface area contributed by atoms with Crippen LogP contribution in [0, 0.1) is 29.6 Å². The van der Waals surface area contributed by atoms with Gasteiger partial charge in [-0.05, 0) is 98.8 Å². The molecule has 1 aromatic carbocycles. The highest BCUT2D eigenvalue weighted by atomic mass is 32.2. The van der Waals surface area contributed by atoms with Gasteiger partial charge >= 0.3 is 5.97 Å². The van der Waals surface area contributed by atoms with E-state index in [1.165, 1.54) is 50.3 Å². The molecule has 186 valence electrons. The summed E-state index contributed by atoms with van der Waals surface area (Å²) in [5.74, 6) is 2.70. The maximum absolute atomic E-state index is 14.0. The summed E-state index contributed by atoms with van der Waals surface area (Å²) in [6, 6.07) is 8.63. The van der Waals surface area contributed by atoms with Crippen LogP contribution in [0.1, 0.15) is 68.5 Å². The van der Waals surface area contributed by atoms with Crippen LogP contribution in [0.5, 0.6) is 0 Å². The molecule has 0 radical (unpaired) electrons. The van der Waals surface area contributed by atoms with E-state index in [0.717, 1.165) is 37.8 Å². The highest BCUT2D eigenvalue weighted by molar-refractivity contribution is 7.89. The molecule has 34 heavy (non-hydrogen) atoms. The lowest BCUT2D eigenvalue weighted by Crippen LogP contribution is -2.58. The lowest BCUT2D eigenvalue weighted by atomic mass is 9.49. The minimum atomic E-state index is -3.63. The predicted molar refractivity (Wildman–Crippen MR) is 131 cm³/mol. The van der Waals surface area contributed by atoms with Crippen LogP contribution in [-0.2, 0) is 25.0 Å². The molecule has 2 heterocycles. The lowest BCUT2D eigenvalue weighted by molar-refractivity contribution is -0.140. The van der Waals surface area contributed by atoms with Gasteiger partial charge in [0.25, 0.3) is 0 Å². The van der Waals surface area contributed by atoms with E-state index in [1.54, 1.807) is 0 Å². The fraction of sp³-hybridized carbons (Fsp3) is 0.741. The summed E-state index contributed by atoms with van der Waals surface area (Å²) >= 11 is 0. The summed E-state index contributed by atoms with van der Waals surface area (Å²) in [7, 11) is -2.30. The molecule has 2 aliphatic heterocycles. The molecule has 1 N–H and O–H groups in total. The van der Waals surface area contributed by atoms with E-state index in [1.807, 2.05) is 4.31 Å². The Bertz CT molecular complexity index is 1020. The normalized spacial score (nSPS) is 36.4. The number of benzene rings is 1. The Labute approximate surface area is 203 Å². The average Bonchev–Trinajstić information content (AvgIpc) is 2.83. The van der Waals surface area contributed by atoms with Crippen molar-refractivity contribution in [2.45, 2.75) is 62.8 Å². The van der Waals surface area contributed by atoms with Crippen LogP contribution < -0.4 is 5.32 Å². The first-order chi connectivity index (χ1) is 16.4. The zero-order valence-electron chi connectivity index (χ0n) is 20.2. The maximum atomic E-state index is 14.0. The standard InChI is InChI=1S/C27H38N2O4S/c1-33-24(30)6-11-34(31,32)29-17-27(7-9-28-10-8-27)23-5-3-2-4-22(23)26(29)25-20-13-18-12-19(15-20)16-21(25)14-18/h2-5,18-21,25-26,28H,6-17H2,1H3. The number of piperidine rings is 1. The molecular formula is C27H38N2O4S. The van der Waals surface area contributed by atoms with Crippen LogP contribution >= 0.6 is 0 Å². The van der Waals surface area contributed by atoms with Crippen molar-refractivity contribution in [2.24, 2.45) is 29.6 Å². The number of nitrogens with one attached hydrogen (secondary N) is 1. The van der Waals surface area contributed by atoms with Crippen molar-refractivity contribution in [1.29, 1.82) is 0 Å². The molecule has 0 aromatic heterocycles. The first-order valence-corrected chi connectivity index (χ1v) is 14.9. The largest absolute Gasteiger partial charge is 0.469 e. The van der Waals surface area contributed by atoms with Gasteiger partial charge in [-0.25, -0.2) is 8.42 Å². The number of ether oxygens (including phenoxy) is 1. The van der Waals surface area contributed by atoms with E-state index in [2.05, 4.69) is 29.6 Å². The molecular weight excluding hydrogens is 448 g/mol. The van der Waals surface area contributed by atoms with E-state index in [0.29, 0.717) is 24.3 Å². The first-order valence-electron chi connectivity index (χ1n) is 13.3. The van der Waals surface area contributed by atoms with Crippen molar-refractivity contribution in [2.75, 3.05) is 32.5 Å². The molecule has 1 unspecified atom stereocenters. The summed E-state index contributed by atoms with van der Waals surface area (Å²) in [4.78, 5) is 11.9. The highest BCUT2D eigenvalue weighted by Gasteiger charge is 2.56. The summed E-state index contributed by atoms with van der Waals surface area (Å²) in [5, 5.41) is 3.48. The number of hydrogen-bond acceptors (Lipinski definition) is 5. The molecule has 1 atom stereocenters. The summed E-state index contributed by atoms with van der Waals surface area (Å²) in [6.07, 6.45) is 8.26. The van der Waals surface area contributed by atoms with Gasteiger partial charge in [0.05, 0.1) is 25.3 Å². The quantitative estimate of drug-likeness (QED) is 0.644. The van der Waals surface area contributed by atoms with Crippen molar-refractivity contribution in [3.8, 4) is 0 Å². The molecule has 6 nitrogen and oxygen atoms in total. The molecule has 7 heteroatoms. The Morgan fingerprint density at radius 2 is 1.71 bits per heavy atom. The molecule has 1 spiro atoms. The minimum Gasteiger partial charge on any atom is -0.469 e. The fourth-order valence-corrected chi connectivity index (χ4v) is 10.5. The second kappa shape index (κ2) is 8.59. The van der Waals surface area contributed by atoms with Gasteiger partial charge in [-0.3, -0.25) is 4.79 Å². The topological polar surface area (TPSA) is 75.7 Å². The number of rotatable bonds is 5. The number of sulfonamides is 1. The van der Waals surface area contributed by atoms with Crippen LogP contribution in [0.15, 0.2) is 24.3 Å². The van der Waals surface area contributed by atoms with E-state index in [-0.39, 0.29) is 23.6 Å². The van der Waals surface area contributed by atoms with E-state index in [4.69, 9.17) is 4.74 Å². The SMILES string of the molecule is COC(=O)CCS(=O)(=O)N1CC2(CCNCC2)c2ccccc2C1C1C2CC3CC(C2)CC1C3. The molecule has 4 bridgehead atoms. The third-order valence-corrected chi connectivity index (χ3v) is 11.8. The Morgan fingerprint density at radius 1 is 1.06 bits per heavy atom. The van der Waals surface area contributed by atoms with Crippen molar-refractivity contribution in [3.05, 3.63) is 35.4 Å². The average molecular weight is 487 g/mol. The molecule has 6 aliphatic rings. The summed E-state index contributed by atoms with van der Waals surface area (Å²) in [5.41, 5.74) is 2.48. The third kappa shape index (κ3) is 3.73. The Balaban J connectivity index is 1.44.